The van der Waals surface area contributed by atoms with Crippen LogP contribution in [0.2, 0.25) is 5.02 Å². The molecule has 2 rings (SSSR count). The lowest BCUT2D eigenvalue weighted by Gasteiger charge is -2.02. The normalized spacial score (nSPS) is 10.6. The molecule has 0 saturated carbocycles. The summed E-state index contributed by atoms with van der Waals surface area (Å²) in [5, 5.41) is 10.7. The number of fused-ring (bicyclic) bond motifs is 1. The molecule has 66 valence electrons. The molecule has 1 aromatic heterocycles. The lowest BCUT2D eigenvalue weighted by Crippen LogP contribution is -1.82. The molecule has 0 fully saturated rings. The minimum absolute atomic E-state index is 0.161. The Bertz CT molecular complexity index is 462. The Morgan fingerprint density at radius 2 is 2.08 bits per heavy atom. The van der Waals surface area contributed by atoms with Crippen LogP contribution in [0.25, 0.3) is 10.9 Å². The van der Waals surface area contributed by atoms with Gasteiger partial charge in [-0.2, -0.15) is 0 Å². The highest BCUT2D eigenvalue weighted by molar-refractivity contribution is 6.31. The van der Waals surface area contributed by atoms with Crippen LogP contribution in [0.1, 0.15) is 5.56 Å². The van der Waals surface area contributed by atoms with E-state index in [9.17, 15) is 5.11 Å². The smallest absolute Gasteiger partial charge is 0.134 e. The van der Waals surface area contributed by atoms with Gasteiger partial charge < -0.3 is 5.11 Å². The Balaban J connectivity index is 2.86. The number of aromatic nitrogens is 1. The third kappa shape index (κ3) is 1.45. The van der Waals surface area contributed by atoms with E-state index >= 15 is 0 Å². The van der Waals surface area contributed by atoms with E-state index in [0.717, 1.165) is 16.5 Å². The molecular formula is C10H8ClNO. The molecule has 1 aromatic carbocycles. The third-order valence-corrected chi connectivity index (χ3v) is 2.14. The lowest BCUT2D eigenvalue weighted by atomic mass is 10.1. The summed E-state index contributed by atoms with van der Waals surface area (Å²) in [5.41, 5.74) is 1.89. The second kappa shape index (κ2) is 2.89. The van der Waals surface area contributed by atoms with Gasteiger partial charge in [-0.15, -0.1) is 0 Å². The molecule has 0 amide bonds. The van der Waals surface area contributed by atoms with E-state index in [1.807, 2.05) is 13.0 Å². The number of hydrogen-bond donors (Lipinski definition) is 1. The van der Waals surface area contributed by atoms with E-state index < -0.39 is 0 Å². The van der Waals surface area contributed by atoms with Gasteiger partial charge in [0.05, 0.1) is 11.7 Å². The molecule has 0 unspecified atom stereocenters. The number of rotatable bonds is 0. The number of pyridine rings is 1. The fraction of sp³-hybridized carbons (Fsp3) is 0.100. The number of nitrogens with zero attached hydrogens (tertiary/aromatic N) is 1. The third-order valence-electron chi connectivity index (χ3n) is 1.92. The van der Waals surface area contributed by atoms with Gasteiger partial charge in [-0.1, -0.05) is 11.6 Å². The number of aryl methyl sites for hydroxylation is 1. The monoisotopic (exact) mass is 193 g/mol. The largest absolute Gasteiger partial charge is 0.506 e. The van der Waals surface area contributed by atoms with Crippen molar-refractivity contribution in [3.05, 3.63) is 35.0 Å². The zero-order chi connectivity index (χ0) is 9.42. The number of benzene rings is 1. The van der Waals surface area contributed by atoms with E-state index in [1.54, 1.807) is 12.1 Å². The summed E-state index contributed by atoms with van der Waals surface area (Å²) in [5.74, 6) is 0.161. The van der Waals surface area contributed by atoms with Crippen molar-refractivity contribution >= 4 is 22.5 Å². The highest BCUT2D eigenvalue weighted by Gasteiger charge is 2.01. The summed E-state index contributed by atoms with van der Waals surface area (Å²) in [6.07, 6.45) is 1.43. The van der Waals surface area contributed by atoms with Crippen molar-refractivity contribution in [1.29, 1.82) is 0 Å². The summed E-state index contributed by atoms with van der Waals surface area (Å²) >= 11 is 5.87. The lowest BCUT2D eigenvalue weighted by molar-refractivity contribution is 0.474. The first-order valence-corrected chi connectivity index (χ1v) is 4.29. The van der Waals surface area contributed by atoms with Gasteiger partial charge in [0.1, 0.15) is 5.75 Å². The van der Waals surface area contributed by atoms with Crippen LogP contribution in [0.15, 0.2) is 24.4 Å². The van der Waals surface area contributed by atoms with Gasteiger partial charge in [0.2, 0.25) is 0 Å². The van der Waals surface area contributed by atoms with Gasteiger partial charge in [-0.05, 0) is 30.7 Å². The topological polar surface area (TPSA) is 33.1 Å². The Morgan fingerprint density at radius 1 is 1.31 bits per heavy atom. The van der Waals surface area contributed by atoms with Gasteiger partial charge >= 0.3 is 0 Å². The summed E-state index contributed by atoms with van der Waals surface area (Å²) in [6, 6.07) is 5.30. The quantitative estimate of drug-likeness (QED) is 0.698. The first-order chi connectivity index (χ1) is 6.16. The van der Waals surface area contributed by atoms with Crippen LogP contribution in [0.5, 0.6) is 5.75 Å². The maximum atomic E-state index is 9.21. The van der Waals surface area contributed by atoms with E-state index in [0.29, 0.717) is 5.02 Å². The van der Waals surface area contributed by atoms with Crippen molar-refractivity contribution < 1.29 is 5.11 Å². The van der Waals surface area contributed by atoms with Gasteiger partial charge in [-0.3, -0.25) is 4.98 Å². The first kappa shape index (κ1) is 8.32. The van der Waals surface area contributed by atoms with Crippen LogP contribution >= 0.6 is 11.6 Å². The maximum absolute atomic E-state index is 9.21. The van der Waals surface area contributed by atoms with Gasteiger partial charge in [0.15, 0.2) is 0 Å². The summed E-state index contributed by atoms with van der Waals surface area (Å²) < 4.78 is 0. The average Bonchev–Trinajstić information content (AvgIpc) is 2.02. The summed E-state index contributed by atoms with van der Waals surface area (Å²) in [6.45, 7) is 1.94. The van der Waals surface area contributed by atoms with Crippen molar-refractivity contribution in [3.63, 3.8) is 0 Å². The second-order valence-electron chi connectivity index (χ2n) is 2.99. The molecule has 0 aliphatic heterocycles. The molecule has 1 N–H and O–H groups in total. The van der Waals surface area contributed by atoms with Crippen LogP contribution in [-0.4, -0.2) is 10.1 Å². The van der Waals surface area contributed by atoms with Gasteiger partial charge in [0.25, 0.3) is 0 Å². The number of halogens is 1. The van der Waals surface area contributed by atoms with E-state index in [1.165, 1.54) is 6.20 Å². The van der Waals surface area contributed by atoms with E-state index in [2.05, 4.69) is 4.98 Å². The molecule has 0 spiro atoms. The Labute approximate surface area is 80.8 Å². The van der Waals surface area contributed by atoms with Crippen molar-refractivity contribution in [2.24, 2.45) is 0 Å². The number of hydrogen-bond acceptors (Lipinski definition) is 2. The Morgan fingerprint density at radius 3 is 2.85 bits per heavy atom. The first-order valence-electron chi connectivity index (χ1n) is 3.92. The fourth-order valence-electron chi connectivity index (χ4n) is 1.38. The molecule has 1 heterocycles. The van der Waals surface area contributed by atoms with Crippen molar-refractivity contribution in [1.82, 2.24) is 4.98 Å². The molecule has 3 heteroatoms. The Hall–Kier alpha value is -1.28. The highest BCUT2D eigenvalue weighted by atomic mass is 35.5. The van der Waals surface area contributed by atoms with Crippen LogP contribution in [0, 0.1) is 6.92 Å². The van der Waals surface area contributed by atoms with E-state index in [-0.39, 0.29) is 5.75 Å². The van der Waals surface area contributed by atoms with Crippen molar-refractivity contribution in [2.75, 3.05) is 0 Å². The maximum Gasteiger partial charge on any atom is 0.134 e. The Kier molecular flexibility index (Phi) is 1.85. The summed E-state index contributed by atoms with van der Waals surface area (Å²) in [7, 11) is 0. The molecule has 0 aliphatic carbocycles. The molecule has 0 saturated heterocycles. The molecule has 0 atom stereocenters. The van der Waals surface area contributed by atoms with E-state index in [4.69, 9.17) is 11.6 Å². The molecule has 13 heavy (non-hydrogen) atoms. The zero-order valence-corrected chi connectivity index (χ0v) is 7.84. The predicted octanol–water partition coefficient (Wildman–Crippen LogP) is 2.90. The van der Waals surface area contributed by atoms with Crippen molar-refractivity contribution in [2.45, 2.75) is 6.92 Å². The standard InChI is InChI=1S/C10H8ClNO/c1-6-2-8(11)3-7-4-9(13)5-12-10(6)7/h2-5,13H,1H3. The minimum atomic E-state index is 0.161. The van der Waals surface area contributed by atoms with Crippen LogP contribution < -0.4 is 0 Å². The number of aromatic hydroxyl groups is 1. The summed E-state index contributed by atoms with van der Waals surface area (Å²) in [4.78, 5) is 4.11. The minimum Gasteiger partial charge on any atom is -0.506 e. The molecule has 0 aliphatic rings. The fourth-order valence-corrected chi connectivity index (χ4v) is 1.66. The van der Waals surface area contributed by atoms with Crippen LogP contribution in [-0.2, 0) is 0 Å². The predicted molar refractivity (Wildman–Crippen MR) is 53.2 cm³/mol. The molecule has 2 nitrogen and oxygen atoms in total. The van der Waals surface area contributed by atoms with Crippen LogP contribution in [0.4, 0.5) is 0 Å². The van der Waals surface area contributed by atoms with Crippen LogP contribution in [0.3, 0.4) is 0 Å². The molecule has 0 bridgehead atoms. The van der Waals surface area contributed by atoms with Crippen molar-refractivity contribution in [3.8, 4) is 5.75 Å². The van der Waals surface area contributed by atoms with Gasteiger partial charge in [0, 0.05) is 10.4 Å². The zero-order valence-electron chi connectivity index (χ0n) is 7.08. The molecule has 2 aromatic rings. The molecular weight excluding hydrogens is 186 g/mol. The second-order valence-corrected chi connectivity index (χ2v) is 3.42. The average molecular weight is 194 g/mol. The van der Waals surface area contributed by atoms with Gasteiger partial charge in [-0.25, -0.2) is 0 Å². The highest BCUT2D eigenvalue weighted by Crippen LogP contribution is 2.24. The SMILES string of the molecule is Cc1cc(Cl)cc2cc(O)cnc12. The molecule has 0 radical (unpaired) electrons.